The van der Waals surface area contributed by atoms with Gasteiger partial charge in [-0.3, -0.25) is 24.3 Å². The maximum atomic E-state index is 13.4. The van der Waals surface area contributed by atoms with Gasteiger partial charge in [-0.25, -0.2) is 0 Å². The van der Waals surface area contributed by atoms with Crippen LogP contribution in [0.5, 0.6) is 0 Å². The van der Waals surface area contributed by atoms with Gasteiger partial charge in [0.15, 0.2) is 0 Å². The van der Waals surface area contributed by atoms with Crippen molar-refractivity contribution in [2.24, 2.45) is 0 Å². The summed E-state index contributed by atoms with van der Waals surface area (Å²) in [5, 5.41) is 2.80. The van der Waals surface area contributed by atoms with E-state index in [2.05, 4.69) is 15.2 Å². The molecule has 0 bridgehead atoms. The van der Waals surface area contributed by atoms with Crippen LogP contribution in [0.2, 0.25) is 0 Å². The Morgan fingerprint density at radius 1 is 1.16 bits per heavy atom. The first kappa shape index (κ1) is 21.8. The fraction of sp³-hybridized carbons (Fsp3) is 0.417. The molecule has 0 unspecified atom stereocenters. The van der Waals surface area contributed by atoms with Gasteiger partial charge in [-0.15, -0.1) is 0 Å². The van der Waals surface area contributed by atoms with Gasteiger partial charge >= 0.3 is 0 Å². The van der Waals surface area contributed by atoms with Gasteiger partial charge in [-0.1, -0.05) is 0 Å². The number of piperidine rings is 1. The van der Waals surface area contributed by atoms with E-state index in [4.69, 9.17) is 0 Å². The Balaban J connectivity index is 1.67. The van der Waals surface area contributed by atoms with Gasteiger partial charge in [0.1, 0.15) is 12.6 Å². The number of nitrogens with one attached hydrogen (secondary N) is 1. The monoisotopic (exact) mass is 435 g/mol. The third kappa shape index (κ3) is 4.17. The van der Waals surface area contributed by atoms with Crippen LogP contribution in [-0.4, -0.2) is 59.8 Å². The second-order valence-electron chi connectivity index (χ2n) is 8.10. The number of carbonyl (C=O) groups is 3. The maximum absolute atomic E-state index is 13.4. The third-order valence-electron chi connectivity index (χ3n) is 6.17. The minimum atomic E-state index is -0.304. The van der Waals surface area contributed by atoms with Gasteiger partial charge in [0.25, 0.3) is 5.91 Å². The van der Waals surface area contributed by atoms with Gasteiger partial charge in [-0.05, 0) is 63.4 Å². The van der Waals surface area contributed by atoms with E-state index >= 15 is 0 Å². The molecule has 0 radical (unpaired) electrons. The van der Waals surface area contributed by atoms with Gasteiger partial charge in [0.2, 0.25) is 11.8 Å². The Bertz CT molecular complexity index is 1010. The SMILES string of the molecule is CCN(CC)C(=O)c1ccc2c(c1)N(CC(=O)Nc1cccnc1)C(=O)[C@H]1CCCCN21. The maximum Gasteiger partial charge on any atom is 0.253 e. The van der Waals surface area contributed by atoms with Crippen molar-refractivity contribution in [1.82, 2.24) is 9.88 Å². The van der Waals surface area contributed by atoms with Gasteiger partial charge in [0, 0.05) is 31.4 Å². The summed E-state index contributed by atoms with van der Waals surface area (Å²) in [6.45, 7) is 5.78. The molecule has 1 atom stereocenters. The topological polar surface area (TPSA) is 85.9 Å². The average Bonchev–Trinajstić information content (AvgIpc) is 2.82. The summed E-state index contributed by atoms with van der Waals surface area (Å²) in [6.07, 6.45) is 5.96. The Hall–Kier alpha value is -3.42. The standard InChI is InChI=1S/C24H29N5O3/c1-3-27(4-2)23(31)17-10-11-19-21(14-17)29(24(32)20-9-5-6-13-28(19)20)16-22(30)26-18-8-7-12-25-15-18/h7-8,10-12,14-15,20H,3-6,9,13,16H2,1-2H3,(H,26,30)/t20-/m1/s1. The number of anilines is 3. The quantitative estimate of drug-likeness (QED) is 0.754. The summed E-state index contributed by atoms with van der Waals surface area (Å²) < 4.78 is 0. The lowest BCUT2D eigenvalue weighted by Crippen LogP contribution is -2.56. The molecule has 0 aliphatic carbocycles. The highest BCUT2D eigenvalue weighted by Crippen LogP contribution is 2.40. The number of nitrogens with zero attached hydrogens (tertiary/aromatic N) is 4. The lowest BCUT2D eigenvalue weighted by Gasteiger charge is -2.45. The normalized spacial score (nSPS) is 17.4. The number of carbonyl (C=O) groups excluding carboxylic acids is 3. The van der Waals surface area contributed by atoms with Crippen LogP contribution < -0.4 is 15.1 Å². The van der Waals surface area contributed by atoms with E-state index in [9.17, 15) is 14.4 Å². The molecule has 8 nitrogen and oxygen atoms in total. The predicted molar refractivity (Wildman–Crippen MR) is 124 cm³/mol. The summed E-state index contributed by atoms with van der Waals surface area (Å²) in [4.78, 5) is 48.6. The number of benzene rings is 1. The summed E-state index contributed by atoms with van der Waals surface area (Å²) in [6, 6.07) is 8.72. The van der Waals surface area contributed by atoms with Crippen LogP contribution in [-0.2, 0) is 9.59 Å². The van der Waals surface area contributed by atoms with E-state index in [0.717, 1.165) is 31.5 Å². The number of amides is 3. The molecule has 4 rings (SSSR count). The van der Waals surface area contributed by atoms with Gasteiger partial charge < -0.3 is 15.1 Å². The highest BCUT2D eigenvalue weighted by atomic mass is 16.2. The average molecular weight is 436 g/mol. The van der Waals surface area contributed by atoms with E-state index in [-0.39, 0.29) is 30.3 Å². The Kier molecular flexibility index (Phi) is 6.39. The number of fused-ring (bicyclic) bond motifs is 3. The summed E-state index contributed by atoms with van der Waals surface area (Å²) in [5.74, 6) is -0.473. The molecule has 1 saturated heterocycles. The van der Waals surface area contributed by atoms with Crippen molar-refractivity contribution < 1.29 is 14.4 Å². The summed E-state index contributed by atoms with van der Waals surface area (Å²) in [7, 11) is 0. The lowest BCUT2D eigenvalue weighted by atomic mass is 9.95. The number of hydrogen-bond donors (Lipinski definition) is 1. The first-order chi connectivity index (χ1) is 15.5. The zero-order valence-corrected chi connectivity index (χ0v) is 18.6. The smallest absolute Gasteiger partial charge is 0.253 e. The Labute approximate surface area is 188 Å². The van der Waals surface area contributed by atoms with E-state index < -0.39 is 0 Å². The number of rotatable bonds is 6. The first-order valence-electron chi connectivity index (χ1n) is 11.2. The van der Waals surface area contributed by atoms with Crippen LogP contribution >= 0.6 is 0 Å². The van der Waals surface area contributed by atoms with Crippen molar-refractivity contribution in [3.63, 3.8) is 0 Å². The van der Waals surface area contributed by atoms with Gasteiger partial charge in [0.05, 0.1) is 23.3 Å². The largest absolute Gasteiger partial charge is 0.358 e. The van der Waals surface area contributed by atoms with Crippen LogP contribution in [0.1, 0.15) is 43.5 Å². The summed E-state index contributed by atoms with van der Waals surface area (Å²) in [5.41, 5.74) is 2.62. The van der Waals surface area contributed by atoms with E-state index in [1.165, 1.54) is 4.90 Å². The lowest BCUT2D eigenvalue weighted by molar-refractivity contribution is -0.123. The molecule has 1 aromatic heterocycles. The fourth-order valence-electron chi connectivity index (χ4n) is 4.53. The van der Waals surface area contributed by atoms with Crippen LogP contribution in [0.15, 0.2) is 42.7 Å². The number of pyridine rings is 1. The van der Waals surface area contributed by atoms with Crippen molar-refractivity contribution in [2.75, 3.05) is 41.3 Å². The molecule has 1 fully saturated rings. The summed E-state index contributed by atoms with van der Waals surface area (Å²) >= 11 is 0. The van der Waals surface area contributed by atoms with Crippen molar-refractivity contribution in [3.8, 4) is 0 Å². The molecule has 168 valence electrons. The highest BCUT2D eigenvalue weighted by Gasteiger charge is 2.40. The van der Waals surface area contributed by atoms with Crippen LogP contribution in [0, 0.1) is 0 Å². The molecular formula is C24H29N5O3. The van der Waals surface area contributed by atoms with E-state index in [0.29, 0.717) is 30.0 Å². The van der Waals surface area contributed by atoms with Crippen molar-refractivity contribution in [2.45, 2.75) is 39.2 Å². The third-order valence-corrected chi connectivity index (χ3v) is 6.17. The molecular weight excluding hydrogens is 406 g/mol. The van der Waals surface area contributed by atoms with Crippen molar-refractivity contribution >= 4 is 34.8 Å². The Morgan fingerprint density at radius 3 is 2.69 bits per heavy atom. The van der Waals surface area contributed by atoms with Crippen LogP contribution in [0.3, 0.4) is 0 Å². The molecule has 3 amide bonds. The van der Waals surface area contributed by atoms with Crippen LogP contribution in [0.4, 0.5) is 17.1 Å². The molecule has 8 heteroatoms. The highest BCUT2D eigenvalue weighted by molar-refractivity contribution is 6.11. The Morgan fingerprint density at radius 2 is 1.97 bits per heavy atom. The molecule has 2 aliphatic heterocycles. The molecule has 0 spiro atoms. The van der Waals surface area contributed by atoms with Crippen LogP contribution in [0.25, 0.3) is 0 Å². The molecule has 2 aliphatic rings. The number of aromatic nitrogens is 1. The number of hydrogen-bond acceptors (Lipinski definition) is 5. The van der Waals surface area contributed by atoms with E-state index in [1.807, 2.05) is 26.0 Å². The zero-order chi connectivity index (χ0) is 22.7. The predicted octanol–water partition coefficient (Wildman–Crippen LogP) is 2.91. The van der Waals surface area contributed by atoms with Crippen molar-refractivity contribution in [1.29, 1.82) is 0 Å². The van der Waals surface area contributed by atoms with E-state index in [1.54, 1.807) is 35.5 Å². The molecule has 3 heterocycles. The zero-order valence-electron chi connectivity index (χ0n) is 18.6. The minimum Gasteiger partial charge on any atom is -0.358 e. The second kappa shape index (κ2) is 9.38. The second-order valence-corrected chi connectivity index (χ2v) is 8.10. The molecule has 1 aromatic carbocycles. The van der Waals surface area contributed by atoms with Crippen molar-refractivity contribution in [3.05, 3.63) is 48.3 Å². The molecule has 0 saturated carbocycles. The minimum absolute atomic E-state index is 0.0780. The molecule has 32 heavy (non-hydrogen) atoms. The molecule has 2 aromatic rings. The molecule has 1 N–H and O–H groups in total. The van der Waals surface area contributed by atoms with Gasteiger partial charge in [-0.2, -0.15) is 0 Å². The first-order valence-corrected chi connectivity index (χ1v) is 11.2. The fourth-order valence-corrected chi connectivity index (χ4v) is 4.53.